The minimum atomic E-state index is -3.54. The van der Waals surface area contributed by atoms with Crippen LogP contribution in [0.4, 0.5) is 0 Å². The summed E-state index contributed by atoms with van der Waals surface area (Å²) in [4.78, 5) is 6.16. The van der Waals surface area contributed by atoms with Crippen molar-refractivity contribution in [2.45, 2.75) is 11.1 Å². The van der Waals surface area contributed by atoms with Crippen LogP contribution in [0.3, 0.4) is 0 Å². The molecular formula is C8H15N3O4S. The highest BCUT2D eigenvalue weighted by Crippen LogP contribution is 2.02. The van der Waals surface area contributed by atoms with Crippen LogP contribution in [-0.4, -0.2) is 51.9 Å². The molecule has 1 atom stereocenters. The fraction of sp³-hybridized carbons (Fsp3) is 0.625. The first kappa shape index (κ1) is 13.1. The van der Waals surface area contributed by atoms with Crippen LogP contribution in [0.5, 0.6) is 0 Å². The van der Waals surface area contributed by atoms with E-state index in [0.29, 0.717) is 6.61 Å². The Morgan fingerprint density at radius 1 is 1.56 bits per heavy atom. The van der Waals surface area contributed by atoms with E-state index in [9.17, 15) is 8.42 Å². The lowest BCUT2D eigenvalue weighted by Gasteiger charge is -2.14. The van der Waals surface area contributed by atoms with Crippen molar-refractivity contribution >= 4 is 10.0 Å². The van der Waals surface area contributed by atoms with Crippen molar-refractivity contribution in [1.29, 1.82) is 0 Å². The van der Waals surface area contributed by atoms with Gasteiger partial charge in [-0.2, -0.15) is 0 Å². The topological polar surface area (TPSA) is 93.3 Å². The summed E-state index contributed by atoms with van der Waals surface area (Å²) in [7, 11) is -0.527. The Bertz CT molecular complexity index is 389. The number of aromatic nitrogens is 2. The fourth-order valence-electron chi connectivity index (χ4n) is 1.07. The number of rotatable bonds is 7. The molecule has 0 saturated heterocycles. The zero-order chi connectivity index (χ0) is 12.0. The second kappa shape index (κ2) is 5.94. The van der Waals surface area contributed by atoms with Crippen molar-refractivity contribution in [2.75, 3.05) is 27.4 Å². The summed E-state index contributed by atoms with van der Waals surface area (Å²) in [5.74, 6) is 0. The van der Waals surface area contributed by atoms with Crippen LogP contribution in [0.1, 0.15) is 0 Å². The van der Waals surface area contributed by atoms with E-state index in [1.165, 1.54) is 26.7 Å². The SMILES string of the molecule is COCC(CNS(=O)(=O)c1cnc[nH]1)OC. The van der Waals surface area contributed by atoms with Gasteiger partial charge in [-0.3, -0.25) is 0 Å². The third-order valence-corrected chi connectivity index (χ3v) is 3.30. The number of hydrogen-bond acceptors (Lipinski definition) is 5. The summed E-state index contributed by atoms with van der Waals surface area (Å²) in [6, 6.07) is 0. The minimum absolute atomic E-state index is 0.0276. The molecule has 0 aliphatic carbocycles. The van der Waals surface area contributed by atoms with E-state index < -0.39 is 10.0 Å². The number of aromatic amines is 1. The predicted octanol–water partition coefficient (Wildman–Crippen LogP) is -0.651. The summed E-state index contributed by atoms with van der Waals surface area (Å²) >= 11 is 0. The minimum Gasteiger partial charge on any atom is -0.382 e. The van der Waals surface area contributed by atoms with Gasteiger partial charge in [-0.25, -0.2) is 18.1 Å². The van der Waals surface area contributed by atoms with E-state index in [2.05, 4.69) is 14.7 Å². The summed E-state index contributed by atoms with van der Waals surface area (Å²) in [6.45, 7) is 0.466. The number of ether oxygens (including phenoxy) is 2. The molecule has 0 aliphatic heterocycles. The van der Waals surface area contributed by atoms with Gasteiger partial charge in [-0.1, -0.05) is 0 Å². The lowest BCUT2D eigenvalue weighted by Crippen LogP contribution is -2.35. The Balaban J connectivity index is 2.54. The highest BCUT2D eigenvalue weighted by Gasteiger charge is 2.17. The van der Waals surface area contributed by atoms with Crippen LogP contribution < -0.4 is 4.72 Å². The van der Waals surface area contributed by atoms with Gasteiger partial charge in [-0.15, -0.1) is 0 Å². The highest BCUT2D eigenvalue weighted by atomic mass is 32.2. The quantitative estimate of drug-likeness (QED) is 0.669. The molecule has 1 unspecified atom stereocenters. The third kappa shape index (κ3) is 3.56. The highest BCUT2D eigenvalue weighted by molar-refractivity contribution is 7.89. The number of imidazole rings is 1. The van der Waals surface area contributed by atoms with Gasteiger partial charge in [0.2, 0.25) is 0 Å². The average molecular weight is 249 g/mol. The lowest BCUT2D eigenvalue weighted by atomic mass is 10.4. The Hall–Kier alpha value is -0.960. The monoisotopic (exact) mass is 249 g/mol. The van der Waals surface area contributed by atoms with Gasteiger partial charge in [0.15, 0.2) is 5.03 Å². The second-order valence-electron chi connectivity index (χ2n) is 3.08. The molecule has 0 aromatic carbocycles. The van der Waals surface area contributed by atoms with Gasteiger partial charge < -0.3 is 14.5 Å². The van der Waals surface area contributed by atoms with Gasteiger partial charge >= 0.3 is 0 Å². The standard InChI is InChI=1S/C8H15N3O4S/c1-14-5-7(15-2)3-11-16(12,13)8-4-9-6-10-8/h4,6-7,11H,3,5H2,1-2H3,(H,9,10). The van der Waals surface area contributed by atoms with Crippen molar-refractivity contribution in [3.63, 3.8) is 0 Å². The van der Waals surface area contributed by atoms with Crippen LogP contribution >= 0.6 is 0 Å². The van der Waals surface area contributed by atoms with Crippen molar-refractivity contribution < 1.29 is 17.9 Å². The van der Waals surface area contributed by atoms with E-state index in [1.54, 1.807) is 0 Å². The summed E-state index contributed by atoms with van der Waals surface area (Å²) in [5.41, 5.74) is 0. The van der Waals surface area contributed by atoms with Crippen molar-refractivity contribution in [3.05, 3.63) is 12.5 Å². The van der Waals surface area contributed by atoms with Crippen molar-refractivity contribution in [1.82, 2.24) is 14.7 Å². The smallest absolute Gasteiger partial charge is 0.257 e. The van der Waals surface area contributed by atoms with Crippen LogP contribution in [0, 0.1) is 0 Å². The van der Waals surface area contributed by atoms with Gasteiger partial charge in [-0.05, 0) is 0 Å². The molecular weight excluding hydrogens is 234 g/mol. The van der Waals surface area contributed by atoms with E-state index in [1.807, 2.05) is 0 Å². The predicted molar refractivity (Wildman–Crippen MR) is 56.4 cm³/mol. The molecule has 0 bridgehead atoms. The largest absolute Gasteiger partial charge is 0.382 e. The maximum Gasteiger partial charge on any atom is 0.257 e. The molecule has 16 heavy (non-hydrogen) atoms. The van der Waals surface area contributed by atoms with Gasteiger partial charge in [0, 0.05) is 20.8 Å². The molecule has 1 rings (SSSR count). The summed E-state index contributed by atoms with van der Waals surface area (Å²) in [5, 5.41) is 0.0276. The molecule has 0 amide bonds. The summed E-state index contributed by atoms with van der Waals surface area (Å²) in [6.07, 6.45) is 2.22. The molecule has 0 fully saturated rings. The molecule has 0 aliphatic rings. The molecule has 1 aromatic heterocycles. The maximum atomic E-state index is 11.6. The van der Waals surface area contributed by atoms with Crippen molar-refractivity contribution in [2.24, 2.45) is 0 Å². The number of hydrogen-bond donors (Lipinski definition) is 2. The molecule has 1 heterocycles. The first-order chi connectivity index (χ1) is 7.60. The van der Waals surface area contributed by atoms with Crippen LogP contribution in [0.2, 0.25) is 0 Å². The normalized spacial score (nSPS) is 13.9. The van der Waals surface area contributed by atoms with Crippen LogP contribution in [0.15, 0.2) is 17.6 Å². The third-order valence-electron chi connectivity index (χ3n) is 1.95. The van der Waals surface area contributed by atoms with E-state index in [0.717, 1.165) is 0 Å². The number of sulfonamides is 1. The zero-order valence-electron chi connectivity index (χ0n) is 9.13. The number of nitrogens with zero attached hydrogens (tertiary/aromatic N) is 1. The van der Waals surface area contributed by atoms with Gasteiger partial charge in [0.1, 0.15) is 0 Å². The Labute approximate surface area is 94.2 Å². The molecule has 7 nitrogen and oxygen atoms in total. The van der Waals surface area contributed by atoms with Gasteiger partial charge in [0.05, 0.1) is 25.2 Å². The number of nitrogens with one attached hydrogen (secondary N) is 2. The first-order valence-electron chi connectivity index (χ1n) is 4.60. The van der Waals surface area contributed by atoms with Crippen LogP contribution in [0.25, 0.3) is 0 Å². The van der Waals surface area contributed by atoms with E-state index in [-0.39, 0.29) is 17.7 Å². The average Bonchev–Trinajstić information content (AvgIpc) is 2.78. The Morgan fingerprint density at radius 3 is 2.81 bits per heavy atom. The van der Waals surface area contributed by atoms with E-state index >= 15 is 0 Å². The second-order valence-corrected chi connectivity index (χ2v) is 4.82. The van der Waals surface area contributed by atoms with Gasteiger partial charge in [0.25, 0.3) is 10.0 Å². The molecule has 0 spiro atoms. The fourth-order valence-corrected chi connectivity index (χ4v) is 2.03. The lowest BCUT2D eigenvalue weighted by molar-refractivity contribution is 0.0320. The number of H-pyrrole nitrogens is 1. The Kier molecular flexibility index (Phi) is 4.87. The van der Waals surface area contributed by atoms with E-state index in [4.69, 9.17) is 9.47 Å². The van der Waals surface area contributed by atoms with Crippen LogP contribution in [-0.2, 0) is 19.5 Å². The molecule has 92 valence electrons. The molecule has 8 heteroatoms. The molecule has 0 saturated carbocycles. The molecule has 2 N–H and O–H groups in total. The van der Waals surface area contributed by atoms with Crippen molar-refractivity contribution in [3.8, 4) is 0 Å². The first-order valence-corrected chi connectivity index (χ1v) is 6.08. The zero-order valence-corrected chi connectivity index (χ0v) is 9.95. The summed E-state index contributed by atoms with van der Waals surface area (Å²) < 4.78 is 35.6. The Morgan fingerprint density at radius 2 is 2.31 bits per heavy atom. The molecule has 1 aromatic rings. The maximum absolute atomic E-state index is 11.6. The molecule has 0 radical (unpaired) electrons. The number of methoxy groups -OCH3 is 2.